The number of benzene rings is 1. The number of hydrogen-bond donors (Lipinski definition) is 6. The third kappa shape index (κ3) is 5.66. The predicted octanol–water partition coefficient (Wildman–Crippen LogP) is 1.61. The number of rotatable bonds is 8. The SMILES string of the molecule is Cn1cc(OC(=O)O)c(=O)c2cc(F)c(NCCCC(P(=O)(O)O)P(=O)(O)O)cc21. The molecular weight excluding hydrogens is 449 g/mol. The highest BCUT2D eigenvalue weighted by atomic mass is 31.2. The third-order valence-corrected chi connectivity index (χ3v) is 8.05. The number of ether oxygens (including phenoxy) is 1. The van der Waals surface area contributed by atoms with Crippen LogP contribution < -0.4 is 15.5 Å². The largest absolute Gasteiger partial charge is 0.511 e. The number of fused-ring (bicyclic) bond motifs is 1. The van der Waals surface area contributed by atoms with Gasteiger partial charge in [-0.3, -0.25) is 13.9 Å². The second kappa shape index (κ2) is 8.84. The van der Waals surface area contributed by atoms with Crippen LogP contribution in [0.3, 0.4) is 0 Å². The van der Waals surface area contributed by atoms with E-state index >= 15 is 0 Å². The molecule has 1 aromatic heterocycles. The zero-order valence-corrected chi connectivity index (χ0v) is 17.2. The van der Waals surface area contributed by atoms with Gasteiger partial charge in [-0.2, -0.15) is 0 Å². The first-order valence-electron chi connectivity index (χ1n) is 8.29. The summed E-state index contributed by atoms with van der Waals surface area (Å²) in [4.78, 5) is 59.3. The highest BCUT2D eigenvalue weighted by molar-refractivity contribution is 7.70. The van der Waals surface area contributed by atoms with Gasteiger partial charge in [0.05, 0.1) is 22.8 Å². The van der Waals surface area contributed by atoms with E-state index in [2.05, 4.69) is 10.1 Å². The van der Waals surface area contributed by atoms with E-state index in [0.717, 1.165) is 12.3 Å². The van der Waals surface area contributed by atoms with E-state index in [9.17, 15) is 23.1 Å². The molecule has 166 valence electrons. The van der Waals surface area contributed by atoms with Gasteiger partial charge in [0.25, 0.3) is 0 Å². The van der Waals surface area contributed by atoms with E-state index in [0.29, 0.717) is 0 Å². The lowest BCUT2D eigenvalue weighted by Crippen LogP contribution is -2.16. The van der Waals surface area contributed by atoms with Crippen LogP contribution in [0.5, 0.6) is 5.75 Å². The first kappa shape index (κ1) is 24.0. The quantitative estimate of drug-likeness (QED) is 0.187. The molecule has 0 amide bonds. The van der Waals surface area contributed by atoms with E-state index in [1.807, 2.05) is 0 Å². The summed E-state index contributed by atoms with van der Waals surface area (Å²) in [7, 11) is -8.60. The number of carbonyl (C=O) groups is 1. The van der Waals surface area contributed by atoms with Crippen LogP contribution in [0.4, 0.5) is 14.9 Å². The van der Waals surface area contributed by atoms with Crippen molar-refractivity contribution in [1.82, 2.24) is 4.57 Å². The zero-order chi connectivity index (χ0) is 22.9. The number of nitrogens with zero attached hydrogens (tertiary/aromatic N) is 1. The third-order valence-electron chi connectivity index (χ3n) is 4.17. The van der Waals surface area contributed by atoms with Gasteiger partial charge in [-0.1, -0.05) is 0 Å². The second-order valence-electron chi connectivity index (χ2n) is 6.38. The van der Waals surface area contributed by atoms with Gasteiger partial charge < -0.3 is 39.3 Å². The van der Waals surface area contributed by atoms with E-state index in [4.69, 9.17) is 24.7 Å². The Morgan fingerprint density at radius 2 is 1.83 bits per heavy atom. The van der Waals surface area contributed by atoms with Gasteiger partial charge >= 0.3 is 21.3 Å². The number of anilines is 1. The maximum absolute atomic E-state index is 14.4. The van der Waals surface area contributed by atoms with Gasteiger partial charge in [0.2, 0.25) is 5.43 Å². The Balaban J connectivity index is 2.21. The van der Waals surface area contributed by atoms with Crippen LogP contribution >= 0.6 is 15.2 Å². The van der Waals surface area contributed by atoms with Gasteiger partial charge in [0.15, 0.2) is 11.1 Å². The summed E-state index contributed by atoms with van der Waals surface area (Å²) in [5.41, 5.74) is -0.666. The minimum atomic E-state index is -5.04. The maximum atomic E-state index is 14.4. The summed E-state index contributed by atoms with van der Waals surface area (Å²) < 4.78 is 42.6. The molecule has 0 aliphatic rings. The van der Waals surface area contributed by atoms with Crippen molar-refractivity contribution in [2.45, 2.75) is 18.2 Å². The van der Waals surface area contributed by atoms with Crippen LogP contribution in [0.1, 0.15) is 12.8 Å². The molecule has 2 rings (SSSR count). The van der Waals surface area contributed by atoms with Crippen molar-refractivity contribution in [2.75, 3.05) is 11.9 Å². The van der Waals surface area contributed by atoms with Crippen molar-refractivity contribution < 1.29 is 47.7 Å². The molecule has 12 nitrogen and oxygen atoms in total. The Morgan fingerprint density at radius 3 is 2.37 bits per heavy atom. The lowest BCUT2D eigenvalue weighted by Gasteiger charge is -2.19. The van der Waals surface area contributed by atoms with E-state index in [-0.39, 0.29) is 29.6 Å². The first-order chi connectivity index (χ1) is 13.7. The molecule has 0 aliphatic carbocycles. The van der Waals surface area contributed by atoms with Crippen molar-refractivity contribution in [1.29, 1.82) is 0 Å². The average molecular weight is 468 g/mol. The number of halogens is 1. The molecule has 0 radical (unpaired) electrons. The van der Waals surface area contributed by atoms with Gasteiger partial charge in [-0.25, -0.2) is 9.18 Å². The van der Waals surface area contributed by atoms with Crippen LogP contribution in [-0.2, 0) is 16.2 Å². The van der Waals surface area contributed by atoms with Gasteiger partial charge in [0, 0.05) is 13.6 Å². The smallest absolute Gasteiger partial charge is 0.449 e. The Hall–Kier alpha value is -2.27. The maximum Gasteiger partial charge on any atom is 0.511 e. The Kier molecular flexibility index (Phi) is 7.08. The fourth-order valence-electron chi connectivity index (χ4n) is 2.81. The minimum Gasteiger partial charge on any atom is -0.449 e. The molecular formula is C15H19FN2O10P2. The van der Waals surface area contributed by atoms with Gasteiger partial charge in [-0.15, -0.1) is 0 Å². The summed E-state index contributed by atoms with van der Waals surface area (Å²) in [6, 6.07) is 2.14. The molecule has 2 aromatic rings. The normalized spacial score (nSPS) is 12.4. The van der Waals surface area contributed by atoms with Crippen molar-refractivity contribution in [3.63, 3.8) is 0 Å². The molecule has 0 atom stereocenters. The van der Waals surface area contributed by atoms with Crippen molar-refractivity contribution in [3.05, 3.63) is 34.4 Å². The summed E-state index contributed by atoms with van der Waals surface area (Å²) in [6.07, 6.45) is -1.19. The van der Waals surface area contributed by atoms with Gasteiger partial charge in [0.1, 0.15) is 5.82 Å². The lowest BCUT2D eigenvalue weighted by molar-refractivity contribution is 0.144. The van der Waals surface area contributed by atoms with Crippen molar-refractivity contribution in [3.8, 4) is 5.75 Å². The predicted molar refractivity (Wildman–Crippen MR) is 103 cm³/mol. The monoisotopic (exact) mass is 468 g/mol. The van der Waals surface area contributed by atoms with E-state index < -0.39 is 50.2 Å². The molecule has 0 spiro atoms. The molecule has 0 saturated heterocycles. The van der Waals surface area contributed by atoms with Crippen LogP contribution in [0.2, 0.25) is 0 Å². The number of aryl methyl sites for hydroxylation is 1. The van der Waals surface area contributed by atoms with Crippen LogP contribution in [0, 0.1) is 5.82 Å². The molecule has 6 N–H and O–H groups in total. The first-order valence-corrected chi connectivity index (χ1v) is 11.7. The summed E-state index contributed by atoms with van der Waals surface area (Å²) >= 11 is 0. The number of aromatic nitrogens is 1. The number of nitrogens with one attached hydrogen (secondary N) is 1. The Morgan fingerprint density at radius 1 is 1.23 bits per heavy atom. The molecule has 0 bridgehead atoms. The van der Waals surface area contributed by atoms with Crippen LogP contribution in [-0.4, -0.2) is 47.3 Å². The molecule has 1 heterocycles. The minimum absolute atomic E-state index is 0.0756. The summed E-state index contributed by atoms with van der Waals surface area (Å²) in [5.74, 6) is -1.37. The highest BCUT2D eigenvalue weighted by Gasteiger charge is 2.42. The molecule has 0 fully saturated rings. The fraction of sp³-hybridized carbons (Fsp3) is 0.333. The van der Waals surface area contributed by atoms with Crippen LogP contribution in [0.15, 0.2) is 23.1 Å². The molecule has 30 heavy (non-hydrogen) atoms. The summed E-state index contributed by atoms with van der Waals surface area (Å²) in [6.45, 7) is -0.0763. The zero-order valence-electron chi connectivity index (χ0n) is 15.4. The Labute approximate surface area is 168 Å². The second-order valence-corrected chi connectivity index (χ2v) is 10.4. The molecule has 0 aliphatic heterocycles. The molecule has 1 aromatic carbocycles. The lowest BCUT2D eigenvalue weighted by atomic mass is 10.1. The standard InChI is InChI=1S/C15H19FN2O10P2/c1-18-7-12(28-15(20)21)14(19)8-5-9(16)10(6-11(8)18)17-4-2-3-13(29(22,23)24)30(25,26)27/h5-7,13,17H,2-4H2,1H3,(H,20,21)(H2,22,23,24)(H2,25,26,27). The number of hydrogen-bond acceptors (Lipinski definition) is 6. The van der Waals surface area contributed by atoms with Crippen molar-refractivity contribution >= 4 is 37.9 Å². The van der Waals surface area contributed by atoms with E-state index in [1.54, 1.807) is 0 Å². The fourth-order valence-corrected chi connectivity index (χ4v) is 5.42. The topological polar surface area (TPSA) is 196 Å². The molecule has 0 unspecified atom stereocenters. The Bertz CT molecular complexity index is 1100. The van der Waals surface area contributed by atoms with E-state index in [1.165, 1.54) is 17.7 Å². The van der Waals surface area contributed by atoms with Crippen LogP contribution in [0.25, 0.3) is 10.9 Å². The molecule has 15 heteroatoms. The van der Waals surface area contributed by atoms with Crippen molar-refractivity contribution in [2.24, 2.45) is 7.05 Å². The summed E-state index contributed by atoms with van der Waals surface area (Å²) in [5, 5.41) is 9.01. The highest BCUT2D eigenvalue weighted by Crippen LogP contribution is 2.61. The average Bonchev–Trinajstić information content (AvgIpc) is 2.57. The van der Waals surface area contributed by atoms with Gasteiger partial charge in [-0.05, 0) is 25.0 Å². The molecule has 0 saturated carbocycles. The number of carboxylic acid groups (broad SMARTS) is 1. The number of pyridine rings is 1.